The van der Waals surface area contributed by atoms with E-state index < -0.39 is 31.1 Å². The Morgan fingerprint density at radius 2 is 2.00 bits per heavy atom. The molecule has 2 N–H and O–H groups in total. The molecule has 1 amide bonds. The van der Waals surface area contributed by atoms with Crippen LogP contribution in [0.3, 0.4) is 0 Å². The largest absolute Gasteiger partial charge is 0.441 e. The van der Waals surface area contributed by atoms with Gasteiger partial charge in [0.25, 0.3) is 0 Å². The van der Waals surface area contributed by atoms with E-state index in [0.717, 1.165) is 11.6 Å². The van der Waals surface area contributed by atoms with Crippen molar-refractivity contribution in [2.24, 2.45) is 5.73 Å². The summed E-state index contributed by atoms with van der Waals surface area (Å²) >= 11 is 0. The quantitative estimate of drug-likeness (QED) is 0.100. The summed E-state index contributed by atoms with van der Waals surface area (Å²) in [4.78, 5) is 27.7. The van der Waals surface area contributed by atoms with Crippen LogP contribution in [0.5, 0.6) is 0 Å². The lowest BCUT2D eigenvalue weighted by molar-refractivity contribution is -0.384. The molecule has 0 aliphatic carbocycles. The zero-order valence-corrected chi connectivity index (χ0v) is 22.4. The van der Waals surface area contributed by atoms with E-state index in [-0.39, 0.29) is 12.4 Å². The molecule has 1 unspecified atom stereocenters. The second kappa shape index (κ2) is 12.4. The number of nitrogens with two attached hydrogens (primary N) is 1. The minimum Gasteiger partial charge on any atom is -0.441 e. The summed E-state index contributed by atoms with van der Waals surface area (Å²) in [6.45, 7) is 11.2. The van der Waals surface area contributed by atoms with Gasteiger partial charge in [0.2, 0.25) is 0 Å². The molecule has 2 atom stereocenters. The number of ether oxygens (including phenoxy) is 2. The van der Waals surface area contributed by atoms with Gasteiger partial charge in [0.1, 0.15) is 24.7 Å². The molecule has 1 aromatic carbocycles. The Balaban J connectivity index is 2.00. The first-order valence-electron chi connectivity index (χ1n) is 12.0. The Labute approximate surface area is 217 Å². The SMILES string of the molecule is C=CCC(c1cc(-c2c([N+](=O)[O-])cnn2COCC[Si](C)(C)C)ccn1)[C@H](OC(N)=O)c1ccccc1. The fraction of sp³-hybridized carbons (Fsp3) is 0.346. The molecule has 2 aromatic heterocycles. The highest BCUT2D eigenvalue weighted by atomic mass is 28.3. The molecule has 37 heavy (non-hydrogen) atoms. The number of carbonyl (C=O) groups excluding carboxylic acids is 1. The Kier molecular flexibility index (Phi) is 9.31. The van der Waals surface area contributed by atoms with E-state index in [1.165, 1.54) is 10.9 Å². The number of benzene rings is 1. The molecule has 3 rings (SSSR count). The third-order valence-corrected chi connectivity index (χ3v) is 7.52. The van der Waals surface area contributed by atoms with Gasteiger partial charge in [-0.25, -0.2) is 9.48 Å². The summed E-state index contributed by atoms with van der Waals surface area (Å²) in [6, 6.07) is 13.6. The van der Waals surface area contributed by atoms with Crippen LogP contribution in [0.1, 0.15) is 29.7 Å². The second-order valence-electron chi connectivity index (χ2n) is 9.85. The third kappa shape index (κ3) is 7.57. The number of allylic oxidation sites excluding steroid dienone is 1. The van der Waals surface area contributed by atoms with Gasteiger partial charge < -0.3 is 15.2 Å². The molecule has 0 bridgehead atoms. The third-order valence-electron chi connectivity index (χ3n) is 5.82. The summed E-state index contributed by atoms with van der Waals surface area (Å²) in [5.41, 5.74) is 7.42. The molecule has 0 aliphatic rings. The monoisotopic (exact) mass is 523 g/mol. The van der Waals surface area contributed by atoms with Gasteiger partial charge in [0.15, 0.2) is 0 Å². The number of primary amides is 1. The van der Waals surface area contributed by atoms with Crippen molar-refractivity contribution < 1.29 is 19.2 Å². The average molecular weight is 524 g/mol. The smallest absolute Gasteiger partial charge is 0.405 e. The van der Waals surface area contributed by atoms with Crippen LogP contribution in [0.4, 0.5) is 10.5 Å². The summed E-state index contributed by atoms with van der Waals surface area (Å²) in [6.07, 6.45) is 3.28. The number of pyridine rings is 1. The molecule has 0 fully saturated rings. The number of hydrogen-bond acceptors (Lipinski definition) is 7. The predicted octanol–water partition coefficient (Wildman–Crippen LogP) is 5.66. The lowest BCUT2D eigenvalue weighted by Gasteiger charge is -2.26. The minimum atomic E-state index is -1.29. The van der Waals surface area contributed by atoms with Gasteiger partial charge in [-0.05, 0) is 30.2 Å². The predicted molar refractivity (Wildman–Crippen MR) is 144 cm³/mol. The highest BCUT2D eigenvalue weighted by Gasteiger charge is 2.30. The molecule has 0 spiro atoms. The van der Waals surface area contributed by atoms with Crippen LogP contribution in [0, 0.1) is 10.1 Å². The molecule has 0 aliphatic heterocycles. The Morgan fingerprint density at radius 1 is 1.27 bits per heavy atom. The summed E-state index contributed by atoms with van der Waals surface area (Å²) in [5, 5.41) is 16.0. The molecule has 10 nitrogen and oxygen atoms in total. The van der Waals surface area contributed by atoms with Crippen molar-refractivity contribution in [1.29, 1.82) is 0 Å². The van der Waals surface area contributed by atoms with E-state index in [4.69, 9.17) is 15.2 Å². The van der Waals surface area contributed by atoms with E-state index in [1.54, 1.807) is 24.4 Å². The number of aromatic nitrogens is 3. The van der Waals surface area contributed by atoms with Gasteiger partial charge in [-0.15, -0.1) is 6.58 Å². The molecule has 0 radical (unpaired) electrons. The van der Waals surface area contributed by atoms with Gasteiger partial charge in [0.05, 0.1) is 4.92 Å². The van der Waals surface area contributed by atoms with Crippen LogP contribution < -0.4 is 5.73 Å². The maximum Gasteiger partial charge on any atom is 0.405 e. The van der Waals surface area contributed by atoms with Crippen LogP contribution in [0.15, 0.2) is 67.5 Å². The number of amides is 1. The first-order valence-corrected chi connectivity index (χ1v) is 15.7. The zero-order chi connectivity index (χ0) is 27.0. The maximum atomic E-state index is 11.8. The molecule has 0 saturated carbocycles. The lowest BCUT2D eigenvalue weighted by Crippen LogP contribution is -2.23. The van der Waals surface area contributed by atoms with Gasteiger partial charge in [-0.3, -0.25) is 15.1 Å². The van der Waals surface area contributed by atoms with Crippen molar-refractivity contribution in [3.8, 4) is 11.3 Å². The summed E-state index contributed by atoms with van der Waals surface area (Å²) < 4.78 is 12.8. The number of carbonyl (C=O) groups is 1. The van der Waals surface area contributed by atoms with Gasteiger partial charge in [0, 0.05) is 38.1 Å². The van der Waals surface area contributed by atoms with Crippen LogP contribution >= 0.6 is 0 Å². The van der Waals surface area contributed by atoms with Gasteiger partial charge in [-0.2, -0.15) is 5.10 Å². The molecule has 11 heteroatoms. The molecule has 3 aromatic rings. The molecule has 196 valence electrons. The minimum absolute atomic E-state index is 0.0822. The normalized spacial score (nSPS) is 13.1. The van der Waals surface area contributed by atoms with Crippen LogP contribution in [0.2, 0.25) is 25.7 Å². The first-order chi connectivity index (χ1) is 17.6. The van der Waals surface area contributed by atoms with Crippen LogP contribution in [0.25, 0.3) is 11.3 Å². The second-order valence-corrected chi connectivity index (χ2v) is 15.5. The maximum absolute atomic E-state index is 11.8. The van der Waals surface area contributed by atoms with E-state index >= 15 is 0 Å². The highest BCUT2D eigenvalue weighted by Crippen LogP contribution is 2.38. The van der Waals surface area contributed by atoms with E-state index in [0.29, 0.717) is 30.0 Å². The average Bonchev–Trinajstić information content (AvgIpc) is 3.28. The van der Waals surface area contributed by atoms with Crippen molar-refractivity contribution in [2.75, 3.05) is 6.61 Å². The molecule has 0 saturated heterocycles. The van der Waals surface area contributed by atoms with Gasteiger partial charge in [-0.1, -0.05) is 56.0 Å². The zero-order valence-electron chi connectivity index (χ0n) is 21.4. The Hall–Kier alpha value is -3.83. The summed E-state index contributed by atoms with van der Waals surface area (Å²) in [7, 11) is -1.29. The van der Waals surface area contributed by atoms with Gasteiger partial charge >= 0.3 is 11.8 Å². The van der Waals surface area contributed by atoms with Crippen molar-refractivity contribution in [1.82, 2.24) is 14.8 Å². The molecule has 2 heterocycles. The van der Waals surface area contributed by atoms with E-state index in [1.807, 2.05) is 30.3 Å². The van der Waals surface area contributed by atoms with Crippen LogP contribution in [-0.2, 0) is 16.2 Å². The number of nitro groups is 1. The Bertz CT molecular complexity index is 1230. The molecular formula is C26H33N5O5Si. The van der Waals surface area contributed by atoms with E-state index in [2.05, 4.69) is 36.3 Å². The number of nitrogens with zero attached hydrogens (tertiary/aromatic N) is 4. The van der Waals surface area contributed by atoms with Crippen molar-refractivity contribution in [3.63, 3.8) is 0 Å². The first kappa shape index (κ1) is 27.7. The van der Waals surface area contributed by atoms with Crippen molar-refractivity contribution in [3.05, 3.63) is 88.9 Å². The van der Waals surface area contributed by atoms with Crippen molar-refractivity contribution in [2.45, 2.75) is 50.9 Å². The number of hydrogen-bond donors (Lipinski definition) is 1. The topological polar surface area (TPSA) is 135 Å². The summed E-state index contributed by atoms with van der Waals surface area (Å²) in [5.74, 6) is -0.434. The highest BCUT2D eigenvalue weighted by molar-refractivity contribution is 6.76. The lowest BCUT2D eigenvalue weighted by atomic mass is 9.88. The molecular weight excluding hydrogens is 490 g/mol. The fourth-order valence-corrected chi connectivity index (χ4v) is 4.72. The van der Waals surface area contributed by atoms with E-state index in [9.17, 15) is 14.9 Å². The van der Waals surface area contributed by atoms with Crippen LogP contribution in [-0.4, -0.2) is 40.5 Å². The number of rotatable bonds is 13. The fourth-order valence-electron chi connectivity index (χ4n) is 3.96. The van der Waals surface area contributed by atoms with Crippen molar-refractivity contribution >= 4 is 19.9 Å². The standard InChI is InChI=1S/C26H33N5O5Si/c1-5-9-21(25(36-26(27)32)19-10-7-6-8-11-19)22-16-20(12-13-28-22)24-23(31(33)34)17-29-30(24)18-35-14-15-37(2,3)4/h5-8,10-13,16-17,21,25H,1,9,14-15,18H2,2-4H3,(H2,27,32)/t21?,25-/m1/s1. The Morgan fingerprint density at radius 3 is 2.62 bits per heavy atom.